The van der Waals surface area contributed by atoms with E-state index >= 15 is 0 Å². The minimum absolute atomic E-state index is 0.288. The van der Waals surface area contributed by atoms with Crippen molar-refractivity contribution in [1.82, 2.24) is 19.6 Å². The number of ketones is 1. The first-order chi connectivity index (χ1) is 18.8. The van der Waals surface area contributed by atoms with E-state index in [1.807, 2.05) is 0 Å². The Morgan fingerprint density at radius 3 is 2.35 bits per heavy atom. The third-order valence-corrected chi connectivity index (χ3v) is 7.03. The van der Waals surface area contributed by atoms with E-state index in [1.165, 1.54) is 7.11 Å². The van der Waals surface area contributed by atoms with Crippen LogP contribution in [0.1, 0.15) is 56.8 Å². The van der Waals surface area contributed by atoms with Crippen LogP contribution in [0.25, 0.3) is 5.69 Å². The molecule has 0 radical (unpaired) electrons. The van der Waals surface area contributed by atoms with Crippen molar-refractivity contribution in [2.24, 2.45) is 17.6 Å². The molecule has 40 heavy (non-hydrogen) atoms. The van der Waals surface area contributed by atoms with Crippen molar-refractivity contribution in [3.05, 3.63) is 40.2 Å². The fourth-order valence-corrected chi connectivity index (χ4v) is 4.84. The van der Waals surface area contributed by atoms with E-state index in [2.05, 4.69) is 5.10 Å². The largest absolute Gasteiger partial charge is 0.497 e. The summed E-state index contributed by atoms with van der Waals surface area (Å²) < 4.78 is 16.2. The lowest BCUT2D eigenvalue weighted by molar-refractivity contribution is -0.146. The van der Waals surface area contributed by atoms with Crippen molar-refractivity contribution in [2.75, 3.05) is 20.8 Å². The summed E-state index contributed by atoms with van der Waals surface area (Å²) in [4.78, 5) is 67.7. The van der Waals surface area contributed by atoms with Gasteiger partial charge in [-0.1, -0.05) is 27.7 Å². The molecule has 218 valence electrons. The number of nitrogens with zero attached hydrogens (tertiary/aromatic N) is 4. The predicted molar refractivity (Wildman–Crippen MR) is 143 cm³/mol. The van der Waals surface area contributed by atoms with E-state index in [-0.39, 0.29) is 18.3 Å². The lowest BCUT2D eigenvalue weighted by atomic mass is 9.96. The van der Waals surface area contributed by atoms with Gasteiger partial charge in [0.2, 0.25) is 5.78 Å². The molecule has 0 aliphatic carbocycles. The number of carbonyl (C=O) groups excluding carboxylic acids is 4. The van der Waals surface area contributed by atoms with Crippen LogP contribution in [0.5, 0.6) is 5.75 Å². The average molecular weight is 560 g/mol. The summed E-state index contributed by atoms with van der Waals surface area (Å²) in [5.41, 5.74) is 7.06. The number of Topliss-reactive ketones (excluding diaryl/α,β-unsaturated/α-hetero) is 1. The maximum atomic E-state index is 13.7. The zero-order chi connectivity index (χ0) is 29.9. The molecule has 1 aliphatic rings. The van der Waals surface area contributed by atoms with Gasteiger partial charge in [-0.25, -0.2) is 9.59 Å². The molecule has 1 aromatic heterocycles. The van der Waals surface area contributed by atoms with Crippen molar-refractivity contribution >= 4 is 23.7 Å². The molecule has 0 saturated carbocycles. The SMILES string of the molecule is COC(=O)N(C(=O)[C@@H](N)C(C)C)C(=O)[C@@H]1CCCN1[C@H](C(=O)c1nn(-c2ccc(OC)cc2C)c(=O)o1)C(C)C. The molecule has 1 aliphatic heterocycles. The smallest absolute Gasteiger partial charge is 0.442 e. The van der Waals surface area contributed by atoms with E-state index < -0.39 is 53.5 Å². The Morgan fingerprint density at radius 1 is 1.12 bits per heavy atom. The van der Waals surface area contributed by atoms with Gasteiger partial charge in [-0.3, -0.25) is 19.3 Å². The highest BCUT2D eigenvalue weighted by atomic mass is 16.5. The molecule has 1 aromatic carbocycles. The number of aromatic nitrogens is 2. The second-order valence-electron chi connectivity index (χ2n) is 10.4. The molecule has 1 saturated heterocycles. The maximum Gasteiger partial charge on any atom is 0.442 e. The van der Waals surface area contributed by atoms with Crippen molar-refractivity contribution < 1.29 is 33.1 Å². The molecule has 2 aromatic rings. The van der Waals surface area contributed by atoms with Gasteiger partial charge in [0, 0.05) is 0 Å². The number of imide groups is 3. The van der Waals surface area contributed by atoms with Gasteiger partial charge in [0.15, 0.2) is 0 Å². The fourth-order valence-electron chi connectivity index (χ4n) is 4.84. The molecular formula is C27H37N5O8. The van der Waals surface area contributed by atoms with Crippen LogP contribution in [-0.4, -0.2) is 82.2 Å². The Hall–Kier alpha value is -3.84. The van der Waals surface area contributed by atoms with Crippen LogP contribution in [0.15, 0.2) is 27.4 Å². The molecule has 3 rings (SSSR count). The number of aryl methyl sites for hydroxylation is 1. The Balaban J connectivity index is 1.96. The van der Waals surface area contributed by atoms with Crippen LogP contribution >= 0.6 is 0 Å². The van der Waals surface area contributed by atoms with Crippen LogP contribution in [0, 0.1) is 18.8 Å². The van der Waals surface area contributed by atoms with Gasteiger partial charge in [-0.05, 0) is 61.9 Å². The molecule has 0 bridgehead atoms. The molecule has 0 spiro atoms. The zero-order valence-corrected chi connectivity index (χ0v) is 23.9. The van der Waals surface area contributed by atoms with Crippen LogP contribution in [0.4, 0.5) is 4.79 Å². The van der Waals surface area contributed by atoms with E-state index in [0.717, 1.165) is 11.8 Å². The van der Waals surface area contributed by atoms with Crippen LogP contribution in [0.3, 0.4) is 0 Å². The quantitative estimate of drug-likeness (QED) is 0.446. The summed E-state index contributed by atoms with van der Waals surface area (Å²) in [6.45, 7) is 9.03. The van der Waals surface area contributed by atoms with E-state index in [4.69, 9.17) is 19.6 Å². The number of hydrogen-bond donors (Lipinski definition) is 1. The molecule has 2 N–H and O–H groups in total. The summed E-state index contributed by atoms with van der Waals surface area (Å²) in [7, 11) is 2.58. The summed E-state index contributed by atoms with van der Waals surface area (Å²) in [5.74, 6) is -3.68. The topological polar surface area (TPSA) is 167 Å². The fraction of sp³-hybridized carbons (Fsp3) is 0.556. The summed E-state index contributed by atoms with van der Waals surface area (Å²) in [6.07, 6.45) is -0.336. The minimum Gasteiger partial charge on any atom is -0.497 e. The predicted octanol–water partition coefficient (Wildman–Crippen LogP) is 1.92. The monoisotopic (exact) mass is 559 g/mol. The Morgan fingerprint density at radius 2 is 1.80 bits per heavy atom. The number of ether oxygens (including phenoxy) is 2. The number of benzene rings is 1. The van der Waals surface area contributed by atoms with Crippen LogP contribution < -0.4 is 16.2 Å². The molecule has 0 unspecified atom stereocenters. The highest BCUT2D eigenvalue weighted by Gasteiger charge is 2.46. The third-order valence-electron chi connectivity index (χ3n) is 7.03. The number of rotatable bonds is 9. The van der Waals surface area contributed by atoms with Crippen molar-refractivity contribution in [3.63, 3.8) is 0 Å². The zero-order valence-electron chi connectivity index (χ0n) is 23.9. The highest BCUT2D eigenvalue weighted by Crippen LogP contribution is 2.28. The molecular weight excluding hydrogens is 522 g/mol. The summed E-state index contributed by atoms with van der Waals surface area (Å²) in [5, 5.41) is 4.17. The molecule has 13 heteroatoms. The molecule has 1 fully saturated rings. The van der Waals surface area contributed by atoms with Gasteiger partial charge in [-0.2, -0.15) is 9.58 Å². The third kappa shape index (κ3) is 5.99. The van der Waals surface area contributed by atoms with E-state index in [9.17, 15) is 24.0 Å². The van der Waals surface area contributed by atoms with Gasteiger partial charge < -0.3 is 19.6 Å². The first-order valence-electron chi connectivity index (χ1n) is 13.1. The van der Waals surface area contributed by atoms with Gasteiger partial charge in [0.25, 0.3) is 17.7 Å². The Labute approximate surface area is 232 Å². The first-order valence-corrected chi connectivity index (χ1v) is 13.1. The van der Waals surface area contributed by atoms with Crippen molar-refractivity contribution in [1.29, 1.82) is 0 Å². The highest BCUT2D eigenvalue weighted by molar-refractivity contribution is 6.12. The van der Waals surface area contributed by atoms with Gasteiger partial charge in [0.1, 0.15) is 5.75 Å². The van der Waals surface area contributed by atoms with Crippen LogP contribution in [-0.2, 0) is 14.3 Å². The van der Waals surface area contributed by atoms with E-state index in [0.29, 0.717) is 34.9 Å². The number of carbonyl (C=O) groups is 4. The molecule has 13 nitrogen and oxygen atoms in total. The van der Waals surface area contributed by atoms with Crippen LogP contribution in [0.2, 0.25) is 0 Å². The number of likely N-dealkylation sites (tertiary alicyclic amines) is 1. The Kier molecular flexibility index (Phi) is 9.64. The first kappa shape index (κ1) is 30.7. The molecule has 3 atom stereocenters. The second kappa shape index (κ2) is 12.6. The summed E-state index contributed by atoms with van der Waals surface area (Å²) >= 11 is 0. The number of hydrogen-bond acceptors (Lipinski definition) is 11. The van der Waals surface area contributed by atoms with Gasteiger partial charge in [-0.15, -0.1) is 5.10 Å². The molecule has 3 amide bonds. The average Bonchev–Trinajstić information content (AvgIpc) is 3.54. The van der Waals surface area contributed by atoms with Gasteiger partial charge in [0.05, 0.1) is 38.0 Å². The van der Waals surface area contributed by atoms with E-state index in [1.54, 1.807) is 57.7 Å². The lowest BCUT2D eigenvalue weighted by Crippen LogP contribution is -2.58. The minimum atomic E-state index is -1.15. The van der Waals surface area contributed by atoms with Crippen molar-refractivity contribution in [2.45, 2.75) is 65.6 Å². The number of methoxy groups -OCH3 is 2. The normalized spacial score (nSPS) is 17.1. The second-order valence-corrected chi connectivity index (χ2v) is 10.4. The van der Waals surface area contributed by atoms with Crippen molar-refractivity contribution in [3.8, 4) is 11.4 Å². The van der Waals surface area contributed by atoms with Gasteiger partial charge >= 0.3 is 11.8 Å². The standard InChI is InChI=1S/C27H37N5O8/c1-14(2)20(28)25(35)31(26(36)39-7)24(34)19-9-8-12-30(19)21(15(3)4)22(33)23-29-32(27(37)40-23)18-11-10-17(38-6)13-16(18)5/h10-11,13-15,19-21H,8-9,12,28H2,1-7H3/t19-,20-,21-/m0/s1. The lowest BCUT2D eigenvalue weighted by Gasteiger charge is -2.35. The number of nitrogens with two attached hydrogens (primary N) is 1. The Bertz CT molecular complexity index is 1330. The maximum absolute atomic E-state index is 13.7. The summed E-state index contributed by atoms with van der Waals surface area (Å²) in [6, 6.07) is 1.96. The molecule has 2 heterocycles. The number of amides is 3.